The summed E-state index contributed by atoms with van der Waals surface area (Å²) in [5.74, 6) is 0. The Morgan fingerprint density at radius 1 is 1.33 bits per heavy atom. The molecule has 0 amide bonds. The molecule has 1 aromatic heterocycles. The Bertz CT molecular complexity index is 394. The van der Waals surface area contributed by atoms with Gasteiger partial charge in [-0.05, 0) is 46.4 Å². The smallest absolute Gasteiger partial charge is 0.0555 e. The molecule has 0 spiro atoms. The van der Waals surface area contributed by atoms with Crippen LogP contribution in [0.25, 0.3) is 10.1 Å². The summed E-state index contributed by atoms with van der Waals surface area (Å²) in [6.07, 6.45) is 0. The second-order valence-corrected chi connectivity index (χ2v) is 5.21. The summed E-state index contributed by atoms with van der Waals surface area (Å²) in [5.41, 5.74) is 0. The van der Waals surface area contributed by atoms with E-state index in [1.54, 1.807) is 11.3 Å². The molecule has 3 heteroatoms. The zero-order chi connectivity index (χ0) is 8.72. The van der Waals surface area contributed by atoms with Crippen LogP contribution in [0.15, 0.2) is 22.7 Å². The van der Waals surface area contributed by atoms with Crippen LogP contribution in [0.3, 0.4) is 0 Å². The summed E-state index contributed by atoms with van der Waals surface area (Å²) in [4.78, 5) is 1.32. The monoisotopic (exact) mass is 260 g/mol. The fraction of sp³-hybridized carbons (Fsp3) is 0.111. The second-order valence-electron chi connectivity index (χ2n) is 2.66. The largest absolute Gasteiger partial charge is 0.141 e. The summed E-state index contributed by atoms with van der Waals surface area (Å²) >= 11 is 11.1. The van der Waals surface area contributed by atoms with Crippen LogP contribution in [-0.4, -0.2) is 0 Å². The molecule has 0 aliphatic carbocycles. The highest BCUT2D eigenvalue weighted by Gasteiger charge is 2.02. The Balaban J connectivity index is 2.83. The molecule has 2 rings (SSSR count). The second kappa shape index (κ2) is 3.02. The fourth-order valence-corrected chi connectivity index (χ4v) is 2.78. The number of benzene rings is 1. The molecule has 0 unspecified atom stereocenters. The summed E-state index contributed by atoms with van der Waals surface area (Å²) in [7, 11) is 0. The number of fused-ring (bicyclic) bond motifs is 1. The van der Waals surface area contributed by atoms with Gasteiger partial charge in [0, 0.05) is 14.0 Å². The third-order valence-electron chi connectivity index (χ3n) is 1.68. The standard InChI is InChI=1S/C9H6BrClS/c1-5-2-6-3-8(11)7(10)4-9(6)12-5/h2-4H,1H3. The molecule has 0 atom stereocenters. The molecule has 0 nitrogen and oxygen atoms in total. The van der Waals surface area contributed by atoms with E-state index in [-0.39, 0.29) is 0 Å². The lowest BCUT2D eigenvalue weighted by Gasteiger charge is -1.94. The van der Waals surface area contributed by atoms with Gasteiger partial charge in [-0.25, -0.2) is 0 Å². The van der Waals surface area contributed by atoms with E-state index in [1.165, 1.54) is 15.0 Å². The van der Waals surface area contributed by atoms with Gasteiger partial charge in [0.2, 0.25) is 0 Å². The Kier molecular flexibility index (Phi) is 2.15. The molecule has 0 aliphatic heterocycles. The Hall–Kier alpha value is -0.0500. The summed E-state index contributed by atoms with van der Waals surface area (Å²) in [5, 5.41) is 2.01. The predicted octanol–water partition coefficient (Wildman–Crippen LogP) is 4.63. The van der Waals surface area contributed by atoms with Crippen LogP contribution >= 0.6 is 38.9 Å². The van der Waals surface area contributed by atoms with Gasteiger partial charge in [-0.3, -0.25) is 0 Å². The molecule has 0 aliphatic rings. The summed E-state index contributed by atoms with van der Waals surface area (Å²) < 4.78 is 2.25. The Morgan fingerprint density at radius 3 is 2.83 bits per heavy atom. The van der Waals surface area contributed by atoms with Crippen LogP contribution in [0.5, 0.6) is 0 Å². The SMILES string of the molecule is Cc1cc2cc(Cl)c(Br)cc2s1. The molecule has 1 heterocycles. The summed E-state index contributed by atoms with van der Waals surface area (Å²) in [6, 6.07) is 6.21. The lowest BCUT2D eigenvalue weighted by atomic mass is 10.2. The molecule has 12 heavy (non-hydrogen) atoms. The van der Waals surface area contributed by atoms with E-state index in [0.29, 0.717) is 0 Å². The molecular weight excluding hydrogens is 256 g/mol. The number of halogens is 2. The number of rotatable bonds is 0. The quantitative estimate of drug-likeness (QED) is 0.649. The Morgan fingerprint density at radius 2 is 2.08 bits per heavy atom. The highest BCUT2D eigenvalue weighted by molar-refractivity contribution is 9.10. The van der Waals surface area contributed by atoms with Crippen molar-refractivity contribution in [3.05, 3.63) is 32.6 Å². The zero-order valence-electron chi connectivity index (χ0n) is 6.40. The maximum absolute atomic E-state index is 5.95. The lowest BCUT2D eigenvalue weighted by Crippen LogP contribution is -1.67. The molecule has 1 aromatic carbocycles. The van der Waals surface area contributed by atoms with E-state index in [2.05, 4.69) is 35.0 Å². The molecule has 0 radical (unpaired) electrons. The minimum atomic E-state index is 0.778. The van der Waals surface area contributed by atoms with E-state index in [4.69, 9.17) is 11.6 Å². The van der Waals surface area contributed by atoms with E-state index in [9.17, 15) is 0 Å². The first-order valence-corrected chi connectivity index (χ1v) is 5.51. The van der Waals surface area contributed by atoms with E-state index < -0.39 is 0 Å². The topological polar surface area (TPSA) is 0 Å². The average molecular weight is 262 g/mol. The average Bonchev–Trinajstić information content (AvgIpc) is 2.30. The van der Waals surface area contributed by atoms with Crippen molar-refractivity contribution in [3.8, 4) is 0 Å². The molecule has 62 valence electrons. The van der Waals surface area contributed by atoms with Gasteiger partial charge in [-0.2, -0.15) is 0 Å². The van der Waals surface area contributed by atoms with Crippen LogP contribution < -0.4 is 0 Å². The van der Waals surface area contributed by atoms with E-state index in [0.717, 1.165) is 9.50 Å². The van der Waals surface area contributed by atoms with Crippen LogP contribution in [0.4, 0.5) is 0 Å². The van der Waals surface area contributed by atoms with Crippen LogP contribution in [-0.2, 0) is 0 Å². The minimum absolute atomic E-state index is 0.778. The maximum atomic E-state index is 5.95. The summed E-state index contributed by atoms with van der Waals surface area (Å²) in [6.45, 7) is 2.10. The van der Waals surface area contributed by atoms with Crippen LogP contribution in [0.1, 0.15) is 4.88 Å². The van der Waals surface area contributed by atoms with E-state index >= 15 is 0 Å². The Labute approximate surface area is 88.3 Å². The highest BCUT2D eigenvalue weighted by Crippen LogP contribution is 2.32. The molecule has 0 fully saturated rings. The van der Waals surface area contributed by atoms with Gasteiger partial charge in [0.25, 0.3) is 0 Å². The van der Waals surface area contributed by atoms with Gasteiger partial charge in [0.05, 0.1) is 5.02 Å². The third-order valence-corrected chi connectivity index (χ3v) is 3.89. The maximum Gasteiger partial charge on any atom is 0.0555 e. The molecule has 0 N–H and O–H groups in total. The van der Waals surface area contributed by atoms with Gasteiger partial charge < -0.3 is 0 Å². The van der Waals surface area contributed by atoms with Crippen molar-refractivity contribution in [1.82, 2.24) is 0 Å². The van der Waals surface area contributed by atoms with Gasteiger partial charge in [-0.15, -0.1) is 11.3 Å². The van der Waals surface area contributed by atoms with Crippen molar-refractivity contribution in [3.63, 3.8) is 0 Å². The third kappa shape index (κ3) is 1.39. The molecular formula is C9H6BrClS. The first-order valence-electron chi connectivity index (χ1n) is 3.52. The lowest BCUT2D eigenvalue weighted by molar-refractivity contribution is 1.65. The van der Waals surface area contributed by atoms with Crippen molar-refractivity contribution in [2.24, 2.45) is 0 Å². The first kappa shape index (κ1) is 8.54. The predicted molar refractivity (Wildman–Crippen MR) is 59.3 cm³/mol. The zero-order valence-corrected chi connectivity index (χ0v) is 9.55. The van der Waals surface area contributed by atoms with Crippen molar-refractivity contribution < 1.29 is 0 Å². The normalized spacial score (nSPS) is 10.9. The van der Waals surface area contributed by atoms with Gasteiger partial charge in [-0.1, -0.05) is 11.6 Å². The molecule has 2 aromatic rings. The first-order chi connectivity index (χ1) is 5.66. The van der Waals surface area contributed by atoms with Gasteiger partial charge >= 0.3 is 0 Å². The van der Waals surface area contributed by atoms with Crippen molar-refractivity contribution in [1.29, 1.82) is 0 Å². The van der Waals surface area contributed by atoms with Gasteiger partial charge in [0.15, 0.2) is 0 Å². The number of thiophene rings is 1. The van der Waals surface area contributed by atoms with Crippen molar-refractivity contribution in [2.75, 3.05) is 0 Å². The molecule has 0 saturated carbocycles. The van der Waals surface area contributed by atoms with Crippen molar-refractivity contribution in [2.45, 2.75) is 6.92 Å². The van der Waals surface area contributed by atoms with Crippen LogP contribution in [0.2, 0.25) is 5.02 Å². The van der Waals surface area contributed by atoms with Gasteiger partial charge in [0.1, 0.15) is 0 Å². The minimum Gasteiger partial charge on any atom is -0.141 e. The molecule has 0 saturated heterocycles. The number of hydrogen-bond donors (Lipinski definition) is 0. The van der Waals surface area contributed by atoms with Crippen LogP contribution in [0, 0.1) is 6.92 Å². The number of hydrogen-bond acceptors (Lipinski definition) is 1. The molecule has 0 bridgehead atoms. The van der Waals surface area contributed by atoms with Crippen molar-refractivity contribution >= 4 is 49.0 Å². The highest BCUT2D eigenvalue weighted by atomic mass is 79.9. The number of aryl methyl sites for hydroxylation is 1. The van der Waals surface area contributed by atoms with E-state index in [1.807, 2.05) is 6.07 Å². The fourth-order valence-electron chi connectivity index (χ4n) is 1.17.